The Morgan fingerprint density at radius 3 is 2.50 bits per heavy atom. The van der Waals surface area contributed by atoms with Gasteiger partial charge >= 0.3 is 0 Å². The van der Waals surface area contributed by atoms with E-state index in [9.17, 15) is 9.59 Å². The van der Waals surface area contributed by atoms with Crippen LogP contribution in [0.4, 0.5) is 11.4 Å². The third kappa shape index (κ3) is 5.84. The number of aryl methyl sites for hydroxylation is 1. The van der Waals surface area contributed by atoms with E-state index in [1.807, 2.05) is 43.3 Å². The fourth-order valence-corrected chi connectivity index (χ4v) is 3.22. The molecule has 0 aliphatic carbocycles. The molecule has 0 bridgehead atoms. The van der Waals surface area contributed by atoms with Crippen LogP contribution in [0.15, 0.2) is 72.8 Å². The van der Waals surface area contributed by atoms with Crippen molar-refractivity contribution >= 4 is 34.8 Å². The third-order valence-corrected chi connectivity index (χ3v) is 4.88. The van der Waals surface area contributed by atoms with Gasteiger partial charge in [0.1, 0.15) is 0 Å². The van der Waals surface area contributed by atoms with Crippen LogP contribution < -0.4 is 10.6 Å². The molecule has 0 aliphatic rings. The molecule has 6 heteroatoms. The molecular weight excluding hydrogens is 398 g/mol. The average Bonchev–Trinajstić information content (AvgIpc) is 2.74. The van der Waals surface area contributed by atoms with Crippen molar-refractivity contribution in [3.05, 3.63) is 94.5 Å². The Hall–Kier alpha value is -3.31. The topological polar surface area (TPSA) is 61.4 Å². The zero-order valence-electron chi connectivity index (χ0n) is 17.0. The zero-order chi connectivity index (χ0) is 21.5. The standard InChI is InChI=1S/C24H24ClN3O2/c1-17-11-12-20(25)14-22(17)26-15-23(29)27-21-10-6-9-19(13-21)24(30)28(2)16-18-7-4-3-5-8-18/h3-14,26H,15-16H2,1-2H3,(H,27,29). The first-order valence-corrected chi connectivity index (χ1v) is 9.99. The van der Waals surface area contributed by atoms with Gasteiger partial charge in [-0.15, -0.1) is 0 Å². The lowest BCUT2D eigenvalue weighted by Crippen LogP contribution is -2.26. The molecule has 5 nitrogen and oxygen atoms in total. The second-order valence-corrected chi connectivity index (χ2v) is 7.53. The molecule has 0 aliphatic heterocycles. The van der Waals surface area contributed by atoms with Crippen LogP contribution in [0, 0.1) is 6.92 Å². The molecule has 2 N–H and O–H groups in total. The smallest absolute Gasteiger partial charge is 0.253 e. The van der Waals surface area contributed by atoms with Gasteiger partial charge in [-0.1, -0.05) is 54.1 Å². The monoisotopic (exact) mass is 421 g/mol. The first kappa shape index (κ1) is 21.4. The zero-order valence-corrected chi connectivity index (χ0v) is 17.7. The van der Waals surface area contributed by atoms with Crippen LogP contribution in [-0.4, -0.2) is 30.3 Å². The lowest BCUT2D eigenvalue weighted by Gasteiger charge is -2.18. The van der Waals surface area contributed by atoms with Crippen molar-refractivity contribution in [2.45, 2.75) is 13.5 Å². The number of anilines is 2. The van der Waals surface area contributed by atoms with Crippen molar-refractivity contribution in [1.29, 1.82) is 0 Å². The van der Waals surface area contributed by atoms with E-state index in [4.69, 9.17) is 11.6 Å². The highest BCUT2D eigenvalue weighted by Crippen LogP contribution is 2.20. The number of carbonyl (C=O) groups is 2. The van der Waals surface area contributed by atoms with E-state index in [1.54, 1.807) is 48.3 Å². The van der Waals surface area contributed by atoms with Crippen LogP contribution >= 0.6 is 11.6 Å². The summed E-state index contributed by atoms with van der Waals surface area (Å²) in [5.74, 6) is -0.320. The quantitative estimate of drug-likeness (QED) is 0.566. The predicted octanol–water partition coefficient (Wildman–Crippen LogP) is 4.97. The van der Waals surface area contributed by atoms with Crippen molar-refractivity contribution < 1.29 is 9.59 Å². The summed E-state index contributed by atoms with van der Waals surface area (Å²) in [6.45, 7) is 2.55. The summed E-state index contributed by atoms with van der Waals surface area (Å²) >= 11 is 6.01. The van der Waals surface area contributed by atoms with Gasteiger partial charge < -0.3 is 15.5 Å². The summed E-state index contributed by atoms with van der Waals surface area (Å²) in [5, 5.41) is 6.52. The van der Waals surface area contributed by atoms with E-state index in [2.05, 4.69) is 10.6 Å². The maximum atomic E-state index is 12.8. The van der Waals surface area contributed by atoms with Crippen molar-refractivity contribution in [2.24, 2.45) is 0 Å². The van der Waals surface area contributed by atoms with Gasteiger partial charge in [-0.3, -0.25) is 9.59 Å². The minimum absolute atomic E-state index is 0.0905. The summed E-state index contributed by atoms with van der Waals surface area (Å²) in [7, 11) is 1.76. The Labute approximate surface area is 181 Å². The first-order chi connectivity index (χ1) is 14.4. The van der Waals surface area contributed by atoms with E-state index in [0.29, 0.717) is 22.8 Å². The Morgan fingerprint density at radius 1 is 0.967 bits per heavy atom. The van der Waals surface area contributed by atoms with Crippen LogP contribution in [0.5, 0.6) is 0 Å². The molecule has 0 fully saturated rings. The normalized spacial score (nSPS) is 10.4. The summed E-state index contributed by atoms with van der Waals surface area (Å²) in [6.07, 6.45) is 0. The number of hydrogen-bond acceptors (Lipinski definition) is 3. The van der Waals surface area contributed by atoms with Gasteiger partial charge in [0, 0.05) is 35.6 Å². The summed E-state index contributed by atoms with van der Waals surface area (Å²) < 4.78 is 0. The van der Waals surface area contributed by atoms with Crippen molar-refractivity contribution in [3.8, 4) is 0 Å². The molecule has 0 aromatic heterocycles. The first-order valence-electron chi connectivity index (χ1n) is 9.62. The largest absolute Gasteiger partial charge is 0.376 e. The lowest BCUT2D eigenvalue weighted by molar-refractivity contribution is -0.114. The molecule has 0 radical (unpaired) electrons. The molecule has 0 saturated carbocycles. The second-order valence-electron chi connectivity index (χ2n) is 7.09. The van der Waals surface area contributed by atoms with E-state index in [0.717, 1.165) is 16.8 Å². The molecular formula is C24H24ClN3O2. The van der Waals surface area contributed by atoms with E-state index >= 15 is 0 Å². The Balaban J connectivity index is 1.59. The summed E-state index contributed by atoms with van der Waals surface area (Å²) in [6, 6.07) is 22.2. The van der Waals surface area contributed by atoms with Gasteiger partial charge in [0.2, 0.25) is 5.91 Å². The molecule has 3 rings (SSSR count). The van der Waals surface area contributed by atoms with Gasteiger partial charge in [0.15, 0.2) is 0 Å². The number of nitrogens with one attached hydrogen (secondary N) is 2. The van der Waals surface area contributed by atoms with Crippen LogP contribution in [0.1, 0.15) is 21.5 Å². The molecule has 0 saturated heterocycles. The minimum atomic E-state index is -0.211. The predicted molar refractivity (Wildman–Crippen MR) is 122 cm³/mol. The molecule has 3 aromatic rings. The van der Waals surface area contributed by atoms with Gasteiger partial charge in [-0.2, -0.15) is 0 Å². The third-order valence-electron chi connectivity index (χ3n) is 4.64. The Bertz CT molecular complexity index is 1040. The minimum Gasteiger partial charge on any atom is -0.376 e. The number of rotatable bonds is 7. The highest BCUT2D eigenvalue weighted by atomic mass is 35.5. The molecule has 3 aromatic carbocycles. The van der Waals surface area contributed by atoms with Gasteiger partial charge in [-0.25, -0.2) is 0 Å². The van der Waals surface area contributed by atoms with Crippen LogP contribution in [0.25, 0.3) is 0 Å². The highest BCUT2D eigenvalue weighted by Gasteiger charge is 2.13. The molecule has 0 spiro atoms. The molecule has 30 heavy (non-hydrogen) atoms. The average molecular weight is 422 g/mol. The summed E-state index contributed by atoms with van der Waals surface area (Å²) in [5.41, 5.74) is 3.96. The molecule has 2 amide bonds. The fourth-order valence-electron chi connectivity index (χ4n) is 3.04. The van der Waals surface area contributed by atoms with E-state index in [-0.39, 0.29) is 18.4 Å². The Kier molecular flexibility index (Phi) is 7.09. The van der Waals surface area contributed by atoms with Crippen molar-refractivity contribution in [2.75, 3.05) is 24.2 Å². The highest BCUT2D eigenvalue weighted by molar-refractivity contribution is 6.30. The number of benzene rings is 3. The number of carbonyl (C=O) groups excluding carboxylic acids is 2. The van der Waals surface area contributed by atoms with Gasteiger partial charge in [-0.05, 0) is 48.4 Å². The lowest BCUT2D eigenvalue weighted by atomic mass is 10.1. The molecule has 0 unspecified atom stereocenters. The molecule has 0 heterocycles. The molecule has 0 atom stereocenters. The SMILES string of the molecule is Cc1ccc(Cl)cc1NCC(=O)Nc1cccc(C(=O)N(C)Cc2ccccc2)c1. The summed E-state index contributed by atoms with van der Waals surface area (Å²) in [4.78, 5) is 26.7. The molecule has 154 valence electrons. The van der Waals surface area contributed by atoms with Crippen LogP contribution in [0.3, 0.4) is 0 Å². The van der Waals surface area contributed by atoms with E-state index in [1.165, 1.54) is 0 Å². The fraction of sp³-hybridized carbons (Fsp3) is 0.167. The van der Waals surface area contributed by atoms with Crippen LogP contribution in [-0.2, 0) is 11.3 Å². The maximum Gasteiger partial charge on any atom is 0.253 e. The van der Waals surface area contributed by atoms with Crippen molar-refractivity contribution in [3.63, 3.8) is 0 Å². The van der Waals surface area contributed by atoms with Gasteiger partial charge in [0.05, 0.1) is 6.54 Å². The van der Waals surface area contributed by atoms with Gasteiger partial charge in [0.25, 0.3) is 5.91 Å². The maximum absolute atomic E-state index is 12.8. The number of amides is 2. The second kappa shape index (κ2) is 9.94. The van der Waals surface area contributed by atoms with E-state index < -0.39 is 0 Å². The number of hydrogen-bond donors (Lipinski definition) is 2. The number of nitrogens with zero attached hydrogens (tertiary/aromatic N) is 1. The number of halogens is 1. The van der Waals surface area contributed by atoms with Crippen molar-refractivity contribution in [1.82, 2.24) is 4.90 Å². The Morgan fingerprint density at radius 2 is 1.73 bits per heavy atom. The van der Waals surface area contributed by atoms with Crippen LogP contribution in [0.2, 0.25) is 5.02 Å².